The van der Waals surface area contributed by atoms with E-state index in [4.69, 9.17) is 21.7 Å². The highest BCUT2D eigenvalue weighted by Crippen LogP contribution is 2.15. The molecule has 0 saturated heterocycles. The second-order valence-corrected chi connectivity index (χ2v) is 5.76. The first-order valence-corrected chi connectivity index (χ1v) is 8.45. The van der Waals surface area contributed by atoms with Crippen LogP contribution in [0.25, 0.3) is 0 Å². The van der Waals surface area contributed by atoms with E-state index in [9.17, 15) is 4.79 Å². The lowest BCUT2D eigenvalue weighted by Crippen LogP contribution is -2.34. The highest BCUT2D eigenvalue weighted by Gasteiger charge is 2.05. The average Bonchev–Trinajstić information content (AvgIpc) is 2.62. The fourth-order valence-electron chi connectivity index (χ4n) is 2.13. The van der Waals surface area contributed by atoms with Crippen LogP contribution in [0.5, 0.6) is 5.75 Å². The van der Waals surface area contributed by atoms with Gasteiger partial charge in [-0.3, -0.25) is 4.79 Å². The summed E-state index contributed by atoms with van der Waals surface area (Å²) >= 11 is 5.17. The van der Waals surface area contributed by atoms with Crippen LogP contribution >= 0.6 is 12.2 Å². The molecule has 0 saturated carbocycles. The molecule has 0 unspecified atom stereocenters. The minimum absolute atomic E-state index is 0.110. The van der Waals surface area contributed by atoms with Crippen LogP contribution in [0.1, 0.15) is 12.0 Å². The van der Waals surface area contributed by atoms with E-state index in [1.54, 1.807) is 7.11 Å². The standard InChI is InChI=1S/C19H22N2O3S/c1-23-13-14-24-17-10-8-16(9-11-17)20-19(25)21-18(22)12-7-15-5-3-2-4-6-15/h2-6,8-11H,7,12-14H2,1H3,(H2,20,21,22,25). The van der Waals surface area contributed by atoms with Gasteiger partial charge in [0.25, 0.3) is 0 Å². The number of benzene rings is 2. The Morgan fingerprint density at radius 1 is 1.04 bits per heavy atom. The molecule has 5 nitrogen and oxygen atoms in total. The van der Waals surface area contributed by atoms with Gasteiger partial charge in [-0.05, 0) is 48.5 Å². The molecule has 25 heavy (non-hydrogen) atoms. The zero-order chi connectivity index (χ0) is 17.9. The third kappa shape index (κ3) is 7.32. The summed E-state index contributed by atoms with van der Waals surface area (Å²) in [5.74, 6) is 0.640. The van der Waals surface area contributed by atoms with E-state index in [-0.39, 0.29) is 11.0 Å². The topological polar surface area (TPSA) is 59.6 Å². The van der Waals surface area contributed by atoms with Crippen molar-refractivity contribution in [2.24, 2.45) is 0 Å². The summed E-state index contributed by atoms with van der Waals surface area (Å²) in [6, 6.07) is 17.2. The number of methoxy groups -OCH3 is 1. The summed E-state index contributed by atoms with van der Waals surface area (Å²) < 4.78 is 10.4. The zero-order valence-electron chi connectivity index (χ0n) is 14.2. The third-order valence-corrected chi connectivity index (χ3v) is 3.61. The molecular formula is C19H22N2O3S. The molecule has 0 aromatic heterocycles. The molecule has 2 aromatic rings. The monoisotopic (exact) mass is 358 g/mol. The van der Waals surface area contributed by atoms with Crippen LogP contribution in [0.3, 0.4) is 0 Å². The summed E-state index contributed by atoms with van der Waals surface area (Å²) in [6.45, 7) is 1.04. The van der Waals surface area contributed by atoms with Gasteiger partial charge in [0.05, 0.1) is 6.61 Å². The molecule has 0 aliphatic carbocycles. The van der Waals surface area contributed by atoms with E-state index in [1.807, 2.05) is 54.6 Å². The molecule has 2 aromatic carbocycles. The van der Waals surface area contributed by atoms with E-state index >= 15 is 0 Å². The molecule has 0 spiro atoms. The van der Waals surface area contributed by atoms with Gasteiger partial charge in [0.1, 0.15) is 12.4 Å². The Bertz CT molecular complexity index is 675. The smallest absolute Gasteiger partial charge is 0.226 e. The van der Waals surface area contributed by atoms with Crippen molar-refractivity contribution in [1.29, 1.82) is 0 Å². The molecule has 0 aliphatic heterocycles. The Morgan fingerprint density at radius 3 is 2.44 bits per heavy atom. The maximum atomic E-state index is 11.9. The SMILES string of the molecule is COCCOc1ccc(NC(=S)NC(=O)CCc2ccccc2)cc1. The molecule has 1 amide bonds. The number of ether oxygens (including phenoxy) is 2. The van der Waals surface area contributed by atoms with Gasteiger partial charge in [-0.2, -0.15) is 0 Å². The Morgan fingerprint density at radius 2 is 1.76 bits per heavy atom. The van der Waals surface area contributed by atoms with Crippen LogP contribution in [-0.4, -0.2) is 31.3 Å². The summed E-state index contributed by atoms with van der Waals surface area (Å²) in [7, 11) is 1.63. The maximum Gasteiger partial charge on any atom is 0.226 e. The van der Waals surface area contributed by atoms with E-state index in [2.05, 4.69) is 10.6 Å². The number of rotatable bonds is 8. The first kappa shape index (κ1) is 18.9. The van der Waals surface area contributed by atoms with E-state index in [0.717, 1.165) is 17.0 Å². The normalized spacial score (nSPS) is 10.1. The quantitative estimate of drug-likeness (QED) is 0.561. The van der Waals surface area contributed by atoms with Gasteiger partial charge in [-0.15, -0.1) is 0 Å². The van der Waals surface area contributed by atoms with Crippen LogP contribution < -0.4 is 15.4 Å². The number of anilines is 1. The lowest BCUT2D eigenvalue weighted by atomic mass is 10.1. The fraction of sp³-hybridized carbons (Fsp3) is 0.263. The number of nitrogens with one attached hydrogen (secondary N) is 2. The number of hydrogen-bond acceptors (Lipinski definition) is 4. The molecule has 0 radical (unpaired) electrons. The van der Waals surface area contributed by atoms with Crippen molar-refractivity contribution in [3.8, 4) is 5.75 Å². The number of hydrogen-bond donors (Lipinski definition) is 2. The third-order valence-electron chi connectivity index (χ3n) is 3.40. The Kier molecular flexibility index (Phi) is 7.88. The second-order valence-electron chi connectivity index (χ2n) is 5.35. The van der Waals surface area contributed by atoms with Gasteiger partial charge >= 0.3 is 0 Å². The average molecular weight is 358 g/mol. The van der Waals surface area contributed by atoms with E-state index < -0.39 is 0 Å². The Labute approximate surface area is 153 Å². The molecule has 0 atom stereocenters. The molecule has 2 N–H and O–H groups in total. The van der Waals surface area contributed by atoms with Crippen LogP contribution in [0.4, 0.5) is 5.69 Å². The largest absolute Gasteiger partial charge is 0.491 e. The van der Waals surface area contributed by atoms with Crippen molar-refractivity contribution in [1.82, 2.24) is 5.32 Å². The lowest BCUT2D eigenvalue weighted by Gasteiger charge is -2.11. The fourth-order valence-corrected chi connectivity index (χ4v) is 2.36. The van der Waals surface area contributed by atoms with Gasteiger partial charge in [0.15, 0.2) is 5.11 Å². The number of carbonyl (C=O) groups is 1. The zero-order valence-corrected chi connectivity index (χ0v) is 15.0. The molecule has 0 aliphatic rings. The van der Waals surface area contributed by atoms with Gasteiger partial charge in [-0.25, -0.2) is 0 Å². The predicted molar refractivity (Wildman–Crippen MR) is 103 cm³/mol. The number of aryl methyl sites for hydroxylation is 1. The first-order valence-electron chi connectivity index (χ1n) is 8.04. The number of carbonyl (C=O) groups excluding carboxylic acids is 1. The minimum Gasteiger partial charge on any atom is -0.491 e. The van der Waals surface area contributed by atoms with Crippen molar-refractivity contribution >= 4 is 28.9 Å². The summed E-state index contributed by atoms with van der Waals surface area (Å²) in [6.07, 6.45) is 1.07. The van der Waals surface area contributed by atoms with Gasteiger partial charge < -0.3 is 20.1 Å². The van der Waals surface area contributed by atoms with E-state index in [1.165, 1.54) is 0 Å². The predicted octanol–water partition coefficient (Wildman–Crippen LogP) is 3.16. The Balaban J connectivity index is 1.72. The van der Waals surface area contributed by atoms with Crippen LogP contribution in [0, 0.1) is 0 Å². The molecule has 0 heterocycles. The molecule has 0 bridgehead atoms. The summed E-state index contributed by atoms with van der Waals surface area (Å²) in [5, 5.41) is 5.96. The van der Waals surface area contributed by atoms with Crippen LogP contribution in [0.15, 0.2) is 54.6 Å². The van der Waals surface area contributed by atoms with Crippen molar-refractivity contribution in [2.45, 2.75) is 12.8 Å². The Hall–Kier alpha value is -2.44. The molecule has 2 rings (SSSR count). The van der Waals surface area contributed by atoms with E-state index in [0.29, 0.717) is 26.1 Å². The van der Waals surface area contributed by atoms with Crippen molar-refractivity contribution < 1.29 is 14.3 Å². The second kappa shape index (κ2) is 10.4. The maximum absolute atomic E-state index is 11.9. The van der Waals surface area contributed by atoms with Crippen molar-refractivity contribution in [3.05, 3.63) is 60.2 Å². The number of thiocarbonyl (C=S) groups is 1. The van der Waals surface area contributed by atoms with Gasteiger partial charge in [0.2, 0.25) is 5.91 Å². The van der Waals surface area contributed by atoms with Gasteiger partial charge in [-0.1, -0.05) is 30.3 Å². The molecule has 0 fully saturated rings. The first-order chi connectivity index (χ1) is 12.2. The van der Waals surface area contributed by atoms with Gasteiger partial charge in [0, 0.05) is 19.2 Å². The summed E-state index contributed by atoms with van der Waals surface area (Å²) in [4.78, 5) is 11.9. The van der Waals surface area contributed by atoms with Crippen LogP contribution in [0.2, 0.25) is 0 Å². The molecule has 6 heteroatoms. The lowest BCUT2D eigenvalue weighted by molar-refractivity contribution is -0.119. The highest BCUT2D eigenvalue weighted by atomic mass is 32.1. The summed E-state index contributed by atoms with van der Waals surface area (Å²) in [5.41, 5.74) is 1.91. The van der Waals surface area contributed by atoms with Crippen molar-refractivity contribution in [3.63, 3.8) is 0 Å². The van der Waals surface area contributed by atoms with Crippen LogP contribution in [-0.2, 0) is 16.0 Å². The minimum atomic E-state index is -0.110. The number of amides is 1. The molecular weight excluding hydrogens is 336 g/mol. The highest BCUT2D eigenvalue weighted by molar-refractivity contribution is 7.80. The van der Waals surface area contributed by atoms with Crippen molar-refractivity contribution in [2.75, 3.05) is 25.6 Å². The molecule has 132 valence electrons.